The Bertz CT molecular complexity index is 740. The lowest BCUT2D eigenvalue weighted by Gasteiger charge is -2.33. The largest absolute Gasteiger partial charge is 0.338 e. The minimum Gasteiger partial charge on any atom is -0.338 e. The molecule has 1 saturated carbocycles. The first-order valence-electron chi connectivity index (χ1n) is 8.71. The highest BCUT2D eigenvalue weighted by molar-refractivity contribution is 6.30. The Balaban J connectivity index is 1.50. The van der Waals surface area contributed by atoms with Gasteiger partial charge in [-0.2, -0.15) is 0 Å². The van der Waals surface area contributed by atoms with Crippen molar-refractivity contribution in [3.05, 3.63) is 64.4 Å². The SMILES string of the molecule is O=C(c1ccnc(C2CC2)c1)N1CCC[C@@H](c2ccc(Cl)cc2)C1. The first-order valence-corrected chi connectivity index (χ1v) is 9.09. The summed E-state index contributed by atoms with van der Waals surface area (Å²) in [6.45, 7) is 1.62. The number of aromatic nitrogens is 1. The number of hydrogen-bond donors (Lipinski definition) is 0. The molecule has 0 radical (unpaired) electrons. The van der Waals surface area contributed by atoms with Gasteiger partial charge in [-0.15, -0.1) is 0 Å². The topological polar surface area (TPSA) is 33.2 Å². The van der Waals surface area contributed by atoms with Gasteiger partial charge in [0.1, 0.15) is 0 Å². The van der Waals surface area contributed by atoms with Crippen molar-refractivity contribution in [3.8, 4) is 0 Å². The van der Waals surface area contributed by atoms with E-state index in [1.165, 1.54) is 18.4 Å². The summed E-state index contributed by atoms with van der Waals surface area (Å²) in [5.74, 6) is 1.10. The number of amides is 1. The third-order valence-corrected chi connectivity index (χ3v) is 5.33. The van der Waals surface area contributed by atoms with E-state index in [4.69, 9.17) is 11.6 Å². The van der Waals surface area contributed by atoms with Crippen LogP contribution in [0, 0.1) is 0 Å². The average Bonchev–Trinajstić information content (AvgIpc) is 3.47. The van der Waals surface area contributed by atoms with Gasteiger partial charge < -0.3 is 4.90 Å². The van der Waals surface area contributed by atoms with Gasteiger partial charge in [0.2, 0.25) is 0 Å². The van der Waals surface area contributed by atoms with Crippen LogP contribution in [0.4, 0.5) is 0 Å². The van der Waals surface area contributed by atoms with Gasteiger partial charge >= 0.3 is 0 Å². The number of rotatable bonds is 3. The second-order valence-corrected chi connectivity index (χ2v) is 7.32. The Kier molecular flexibility index (Phi) is 4.28. The highest BCUT2D eigenvalue weighted by Crippen LogP contribution is 2.39. The van der Waals surface area contributed by atoms with E-state index in [9.17, 15) is 4.79 Å². The van der Waals surface area contributed by atoms with Gasteiger partial charge in [0.15, 0.2) is 0 Å². The molecule has 2 aliphatic rings. The number of piperidine rings is 1. The summed E-state index contributed by atoms with van der Waals surface area (Å²) in [5.41, 5.74) is 3.13. The summed E-state index contributed by atoms with van der Waals surface area (Å²) >= 11 is 5.98. The van der Waals surface area contributed by atoms with E-state index in [1.807, 2.05) is 29.2 Å². The van der Waals surface area contributed by atoms with Crippen LogP contribution in [0.5, 0.6) is 0 Å². The molecular weight excluding hydrogens is 320 g/mol. The van der Waals surface area contributed by atoms with Crippen LogP contribution in [0.15, 0.2) is 42.6 Å². The molecule has 4 heteroatoms. The lowest BCUT2D eigenvalue weighted by atomic mass is 9.90. The number of halogens is 1. The quantitative estimate of drug-likeness (QED) is 0.816. The van der Waals surface area contributed by atoms with E-state index in [1.54, 1.807) is 6.20 Å². The molecule has 1 aromatic carbocycles. The van der Waals surface area contributed by atoms with E-state index >= 15 is 0 Å². The van der Waals surface area contributed by atoms with Crippen molar-refractivity contribution in [2.75, 3.05) is 13.1 Å². The third-order valence-electron chi connectivity index (χ3n) is 5.07. The van der Waals surface area contributed by atoms with Crippen LogP contribution in [-0.2, 0) is 0 Å². The maximum absolute atomic E-state index is 12.9. The molecule has 2 heterocycles. The summed E-state index contributed by atoms with van der Waals surface area (Å²) in [6, 6.07) is 11.9. The molecule has 0 N–H and O–H groups in total. The lowest BCUT2D eigenvalue weighted by Crippen LogP contribution is -2.39. The summed E-state index contributed by atoms with van der Waals surface area (Å²) in [4.78, 5) is 19.3. The lowest BCUT2D eigenvalue weighted by molar-refractivity contribution is 0.0707. The van der Waals surface area contributed by atoms with E-state index in [-0.39, 0.29) is 5.91 Å². The normalized spacial score (nSPS) is 20.9. The standard InChI is InChI=1S/C20H21ClN2O/c21-18-7-5-14(6-8-18)17-2-1-11-23(13-17)20(24)16-9-10-22-19(12-16)15-3-4-15/h5-10,12,15,17H,1-4,11,13H2/t17-/m1/s1. The number of pyridine rings is 1. The molecule has 1 aliphatic carbocycles. The fourth-order valence-corrected chi connectivity index (χ4v) is 3.66. The Morgan fingerprint density at radius 3 is 2.62 bits per heavy atom. The number of carbonyl (C=O) groups excluding carboxylic acids is 1. The fourth-order valence-electron chi connectivity index (χ4n) is 3.53. The highest BCUT2D eigenvalue weighted by atomic mass is 35.5. The molecule has 1 saturated heterocycles. The Labute approximate surface area is 147 Å². The molecule has 1 aliphatic heterocycles. The molecule has 4 rings (SSSR count). The van der Waals surface area contributed by atoms with Crippen LogP contribution < -0.4 is 0 Å². The van der Waals surface area contributed by atoms with E-state index in [0.717, 1.165) is 42.2 Å². The minimum absolute atomic E-state index is 0.137. The van der Waals surface area contributed by atoms with Gasteiger partial charge in [-0.25, -0.2) is 0 Å². The monoisotopic (exact) mass is 340 g/mol. The second kappa shape index (κ2) is 6.56. The van der Waals surface area contributed by atoms with Gasteiger partial charge in [-0.1, -0.05) is 23.7 Å². The zero-order valence-corrected chi connectivity index (χ0v) is 14.4. The summed E-state index contributed by atoms with van der Waals surface area (Å²) < 4.78 is 0. The summed E-state index contributed by atoms with van der Waals surface area (Å²) in [7, 11) is 0. The van der Waals surface area contributed by atoms with Crippen LogP contribution in [-0.4, -0.2) is 28.9 Å². The van der Waals surface area contributed by atoms with Crippen LogP contribution in [0.2, 0.25) is 5.02 Å². The maximum atomic E-state index is 12.9. The molecule has 24 heavy (non-hydrogen) atoms. The first-order chi connectivity index (χ1) is 11.7. The highest BCUT2D eigenvalue weighted by Gasteiger charge is 2.28. The van der Waals surface area contributed by atoms with Gasteiger partial charge in [0.05, 0.1) is 0 Å². The first kappa shape index (κ1) is 15.6. The van der Waals surface area contributed by atoms with Crippen LogP contribution in [0.3, 0.4) is 0 Å². The van der Waals surface area contributed by atoms with E-state index < -0.39 is 0 Å². The van der Waals surface area contributed by atoms with Gasteiger partial charge in [-0.3, -0.25) is 9.78 Å². The Morgan fingerprint density at radius 1 is 1.08 bits per heavy atom. The van der Waals surface area contributed by atoms with Crippen LogP contribution in [0.25, 0.3) is 0 Å². The molecule has 2 fully saturated rings. The molecule has 0 bridgehead atoms. The van der Waals surface area contributed by atoms with Crippen LogP contribution >= 0.6 is 11.6 Å². The number of carbonyl (C=O) groups is 1. The van der Waals surface area contributed by atoms with E-state index in [2.05, 4.69) is 17.1 Å². The molecule has 0 unspecified atom stereocenters. The number of benzene rings is 1. The average molecular weight is 341 g/mol. The van der Waals surface area contributed by atoms with Gasteiger partial charge in [0, 0.05) is 47.4 Å². The number of hydrogen-bond acceptors (Lipinski definition) is 2. The van der Waals surface area contributed by atoms with Crippen molar-refractivity contribution < 1.29 is 4.79 Å². The van der Waals surface area contributed by atoms with Gasteiger partial charge in [-0.05, 0) is 55.5 Å². The molecule has 1 amide bonds. The Morgan fingerprint density at radius 2 is 1.88 bits per heavy atom. The minimum atomic E-state index is 0.137. The van der Waals surface area contributed by atoms with Crippen molar-refractivity contribution in [2.45, 2.75) is 37.5 Å². The van der Waals surface area contributed by atoms with Gasteiger partial charge in [0.25, 0.3) is 5.91 Å². The van der Waals surface area contributed by atoms with Crippen molar-refractivity contribution in [3.63, 3.8) is 0 Å². The zero-order valence-electron chi connectivity index (χ0n) is 13.6. The predicted molar refractivity (Wildman–Crippen MR) is 95.5 cm³/mol. The molecule has 3 nitrogen and oxygen atoms in total. The second-order valence-electron chi connectivity index (χ2n) is 6.89. The van der Waals surface area contributed by atoms with Crippen molar-refractivity contribution in [1.82, 2.24) is 9.88 Å². The summed E-state index contributed by atoms with van der Waals surface area (Å²) in [5, 5.41) is 0.756. The van der Waals surface area contributed by atoms with Crippen molar-refractivity contribution in [1.29, 1.82) is 0 Å². The maximum Gasteiger partial charge on any atom is 0.253 e. The summed E-state index contributed by atoms with van der Waals surface area (Å²) in [6.07, 6.45) is 6.34. The predicted octanol–water partition coefficient (Wildman–Crippen LogP) is 4.63. The molecule has 1 atom stereocenters. The number of likely N-dealkylation sites (tertiary alicyclic amines) is 1. The van der Waals surface area contributed by atoms with Crippen molar-refractivity contribution in [2.24, 2.45) is 0 Å². The molecule has 0 spiro atoms. The molecule has 2 aromatic rings. The molecular formula is C20H21ClN2O. The van der Waals surface area contributed by atoms with Crippen LogP contribution in [0.1, 0.15) is 59.1 Å². The van der Waals surface area contributed by atoms with Crippen molar-refractivity contribution >= 4 is 17.5 Å². The molecule has 1 aromatic heterocycles. The number of nitrogens with zero attached hydrogens (tertiary/aromatic N) is 2. The van der Waals surface area contributed by atoms with E-state index in [0.29, 0.717) is 11.8 Å². The Hall–Kier alpha value is -1.87. The molecule has 124 valence electrons. The smallest absolute Gasteiger partial charge is 0.253 e. The fraction of sp³-hybridized carbons (Fsp3) is 0.400. The zero-order chi connectivity index (χ0) is 16.5. The third kappa shape index (κ3) is 3.32.